The summed E-state index contributed by atoms with van der Waals surface area (Å²) >= 11 is 11.5. The number of rotatable bonds is 2. The second kappa shape index (κ2) is 4.40. The highest BCUT2D eigenvalue weighted by Gasteiger charge is 2.30. The Hall–Kier alpha value is -1.12. The highest BCUT2D eigenvalue weighted by Crippen LogP contribution is 2.30. The number of alkyl halides is 1. The molecule has 0 radical (unpaired) electrons. The lowest BCUT2D eigenvalue weighted by atomic mass is 9.88. The Labute approximate surface area is 103 Å². The average Bonchev–Trinajstić information content (AvgIpc) is 2.32. The smallest absolute Gasteiger partial charge is 0.205 e. The molecule has 1 aliphatic rings. The third-order valence-electron chi connectivity index (χ3n) is 2.50. The van der Waals surface area contributed by atoms with Crippen molar-refractivity contribution in [1.29, 1.82) is 0 Å². The zero-order valence-electron chi connectivity index (χ0n) is 8.30. The SMILES string of the molecule is O=C1C(Cl)=C(CCCl)C(=O)c2ccccc21. The third-order valence-corrected chi connectivity index (χ3v) is 3.09. The van der Waals surface area contributed by atoms with Gasteiger partial charge in [-0.2, -0.15) is 0 Å². The van der Waals surface area contributed by atoms with E-state index in [1.807, 2.05) is 0 Å². The molecule has 0 amide bonds. The van der Waals surface area contributed by atoms with Gasteiger partial charge in [0.05, 0.1) is 5.03 Å². The summed E-state index contributed by atoms with van der Waals surface area (Å²) < 4.78 is 0. The summed E-state index contributed by atoms with van der Waals surface area (Å²) in [5, 5.41) is 0.00403. The first-order valence-corrected chi connectivity index (χ1v) is 5.71. The van der Waals surface area contributed by atoms with Crippen molar-refractivity contribution in [1.82, 2.24) is 0 Å². The van der Waals surface area contributed by atoms with Gasteiger partial charge in [0.15, 0.2) is 5.78 Å². The van der Waals surface area contributed by atoms with Crippen LogP contribution < -0.4 is 0 Å². The van der Waals surface area contributed by atoms with E-state index >= 15 is 0 Å². The Kier molecular flexibility index (Phi) is 3.13. The standard InChI is InChI=1S/C12H8Cl2O2/c13-6-5-9-10(14)12(16)8-4-2-1-3-7(8)11(9)15/h1-4H,5-6H2. The number of carbonyl (C=O) groups excluding carboxylic acids is 2. The molecule has 0 fully saturated rings. The van der Waals surface area contributed by atoms with Gasteiger partial charge in [-0.15, -0.1) is 11.6 Å². The predicted molar refractivity (Wildman–Crippen MR) is 63.3 cm³/mol. The van der Waals surface area contributed by atoms with Crippen LogP contribution in [-0.4, -0.2) is 17.4 Å². The molecule has 1 aromatic carbocycles. The molecule has 0 unspecified atom stereocenters. The van der Waals surface area contributed by atoms with Crippen molar-refractivity contribution in [3.8, 4) is 0 Å². The van der Waals surface area contributed by atoms with E-state index in [1.54, 1.807) is 24.3 Å². The van der Waals surface area contributed by atoms with Gasteiger partial charge >= 0.3 is 0 Å². The topological polar surface area (TPSA) is 34.1 Å². The van der Waals surface area contributed by atoms with Crippen LogP contribution in [-0.2, 0) is 0 Å². The Morgan fingerprint density at radius 2 is 1.56 bits per heavy atom. The van der Waals surface area contributed by atoms with Crippen LogP contribution >= 0.6 is 23.2 Å². The number of ketones is 2. The first-order valence-electron chi connectivity index (χ1n) is 4.80. The van der Waals surface area contributed by atoms with E-state index in [0.717, 1.165) is 0 Å². The molecule has 0 aromatic heterocycles. The number of hydrogen-bond acceptors (Lipinski definition) is 2. The van der Waals surface area contributed by atoms with Gasteiger partial charge in [0.25, 0.3) is 0 Å². The van der Waals surface area contributed by atoms with E-state index in [2.05, 4.69) is 0 Å². The largest absolute Gasteiger partial charge is 0.289 e. The van der Waals surface area contributed by atoms with Crippen LogP contribution in [0.4, 0.5) is 0 Å². The van der Waals surface area contributed by atoms with Crippen LogP contribution in [0.25, 0.3) is 0 Å². The molecule has 2 rings (SSSR count). The van der Waals surface area contributed by atoms with Gasteiger partial charge in [0.1, 0.15) is 0 Å². The Morgan fingerprint density at radius 3 is 2.12 bits per heavy atom. The van der Waals surface area contributed by atoms with E-state index in [0.29, 0.717) is 23.1 Å². The third kappa shape index (κ3) is 1.68. The number of hydrogen-bond donors (Lipinski definition) is 0. The van der Waals surface area contributed by atoms with Gasteiger partial charge in [0, 0.05) is 22.6 Å². The Balaban J connectivity index is 2.58. The molecular formula is C12H8Cl2O2. The molecular weight excluding hydrogens is 247 g/mol. The van der Waals surface area contributed by atoms with Gasteiger partial charge < -0.3 is 0 Å². The maximum absolute atomic E-state index is 12.0. The molecule has 0 atom stereocenters. The molecule has 2 nitrogen and oxygen atoms in total. The van der Waals surface area contributed by atoms with Crippen LogP contribution in [0.5, 0.6) is 0 Å². The van der Waals surface area contributed by atoms with Gasteiger partial charge in [-0.05, 0) is 6.42 Å². The Morgan fingerprint density at radius 1 is 1.00 bits per heavy atom. The summed E-state index contributed by atoms with van der Waals surface area (Å²) in [6, 6.07) is 6.67. The van der Waals surface area contributed by atoms with Crippen LogP contribution in [0.3, 0.4) is 0 Å². The fourth-order valence-corrected chi connectivity index (χ4v) is 2.19. The molecule has 0 saturated carbocycles. The number of carbonyl (C=O) groups is 2. The van der Waals surface area contributed by atoms with Gasteiger partial charge in [-0.1, -0.05) is 35.9 Å². The van der Waals surface area contributed by atoms with E-state index in [1.165, 1.54) is 0 Å². The van der Waals surface area contributed by atoms with Gasteiger partial charge in [-0.25, -0.2) is 0 Å². The maximum Gasteiger partial charge on any atom is 0.205 e. The van der Waals surface area contributed by atoms with Crippen molar-refractivity contribution in [3.05, 3.63) is 46.0 Å². The zero-order valence-corrected chi connectivity index (χ0v) is 9.81. The minimum atomic E-state index is -0.294. The summed E-state index contributed by atoms with van der Waals surface area (Å²) in [5.74, 6) is -0.218. The molecule has 0 aliphatic heterocycles. The summed E-state index contributed by atoms with van der Waals surface area (Å²) in [7, 11) is 0. The summed E-state index contributed by atoms with van der Waals surface area (Å²) in [6.07, 6.45) is 0.319. The number of halogens is 2. The molecule has 16 heavy (non-hydrogen) atoms. The fourth-order valence-electron chi connectivity index (χ4n) is 1.71. The van der Waals surface area contributed by atoms with Gasteiger partial charge in [0.2, 0.25) is 5.78 Å². The minimum Gasteiger partial charge on any atom is -0.289 e. The van der Waals surface area contributed by atoms with E-state index in [4.69, 9.17) is 23.2 Å². The molecule has 0 N–H and O–H groups in total. The van der Waals surface area contributed by atoms with Crippen molar-refractivity contribution in [2.24, 2.45) is 0 Å². The van der Waals surface area contributed by atoms with E-state index in [-0.39, 0.29) is 22.5 Å². The first-order chi connectivity index (χ1) is 7.66. The minimum absolute atomic E-state index is 0.00403. The maximum atomic E-state index is 12.0. The highest BCUT2D eigenvalue weighted by atomic mass is 35.5. The number of allylic oxidation sites excluding steroid dienone is 2. The molecule has 4 heteroatoms. The number of fused-ring (bicyclic) bond motifs is 1. The number of Topliss-reactive ketones (excluding diaryl/α,β-unsaturated/α-hetero) is 2. The molecule has 0 bridgehead atoms. The summed E-state index contributed by atoms with van der Waals surface area (Å²) in [6.45, 7) is 0. The zero-order chi connectivity index (χ0) is 11.7. The molecule has 1 aliphatic carbocycles. The normalized spacial score (nSPS) is 15.4. The predicted octanol–water partition coefficient (Wildman–Crippen LogP) is 3.19. The molecule has 0 heterocycles. The molecule has 82 valence electrons. The van der Waals surface area contributed by atoms with Crippen LogP contribution in [0, 0.1) is 0 Å². The second-order valence-electron chi connectivity index (χ2n) is 3.44. The second-order valence-corrected chi connectivity index (χ2v) is 4.19. The lowest BCUT2D eigenvalue weighted by Gasteiger charge is -2.16. The Bertz CT molecular complexity index is 503. The summed E-state index contributed by atoms with van der Waals surface area (Å²) in [5.41, 5.74) is 1.10. The summed E-state index contributed by atoms with van der Waals surface area (Å²) in [4.78, 5) is 23.9. The van der Waals surface area contributed by atoms with Crippen molar-refractivity contribution in [2.75, 3.05) is 5.88 Å². The highest BCUT2D eigenvalue weighted by molar-refractivity contribution is 6.50. The van der Waals surface area contributed by atoms with E-state index in [9.17, 15) is 9.59 Å². The lowest BCUT2D eigenvalue weighted by Crippen LogP contribution is -2.20. The molecule has 1 aromatic rings. The van der Waals surface area contributed by atoms with Gasteiger partial charge in [-0.3, -0.25) is 9.59 Å². The van der Waals surface area contributed by atoms with Crippen LogP contribution in [0.1, 0.15) is 27.1 Å². The quantitative estimate of drug-likeness (QED) is 0.760. The van der Waals surface area contributed by atoms with Crippen molar-refractivity contribution in [2.45, 2.75) is 6.42 Å². The van der Waals surface area contributed by atoms with Crippen LogP contribution in [0.2, 0.25) is 0 Å². The fraction of sp³-hybridized carbons (Fsp3) is 0.167. The lowest BCUT2D eigenvalue weighted by molar-refractivity contribution is 0.0978. The molecule has 0 saturated heterocycles. The van der Waals surface area contributed by atoms with Crippen molar-refractivity contribution < 1.29 is 9.59 Å². The van der Waals surface area contributed by atoms with Crippen molar-refractivity contribution in [3.63, 3.8) is 0 Å². The monoisotopic (exact) mass is 254 g/mol. The molecule has 0 spiro atoms. The first kappa shape index (κ1) is 11.4. The van der Waals surface area contributed by atoms with Crippen LogP contribution in [0.15, 0.2) is 34.9 Å². The van der Waals surface area contributed by atoms with Crippen molar-refractivity contribution >= 4 is 34.8 Å². The van der Waals surface area contributed by atoms with E-state index < -0.39 is 0 Å². The average molecular weight is 255 g/mol. The number of benzene rings is 1.